The average molecular weight is 289 g/mol. The molecule has 0 aromatic heterocycles. The molecule has 4 nitrogen and oxygen atoms in total. The Labute approximate surface area is 113 Å². The normalized spacial score (nSPS) is 12.0. The van der Waals surface area contributed by atoms with E-state index in [4.69, 9.17) is 5.11 Å². The molecule has 0 spiro atoms. The molecule has 0 bridgehead atoms. The van der Waals surface area contributed by atoms with Crippen molar-refractivity contribution in [2.45, 2.75) is 17.9 Å². The van der Waals surface area contributed by atoms with Gasteiger partial charge >= 0.3 is 0 Å². The zero-order valence-corrected chi connectivity index (χ0v) is 12.3. The maximum atomic E-state index is 12.2. The number of hydrogen-bond donors (Lipinski definition) is 1. The molecule has 0 fully saturated rings. The van der Waals surface area contributed by atoms with Crippen molar-refractivity contribution >= 4 is 21.8 Å². The van der Waals surface area contributed by atoms with E-state index in [1.54, 1.807) is 37.0 Å². The van der Waals surface area contributed by atoms with Crippen molar-refractivity contribution < 1.29 is 13.5 Å². The molecule has 0 saturated carbocycles. The number of benzene rings is 1. The first-order chi connectivity index (χ1) is 8.52. The number of nitrogens with zero attached hydrogens (tertiary/aromatic N) is 1. The minimum Gasteiger partial charge on any atom is -0.392 e. The fraction of sp³-hybridized carbons (Fsp3) is 0.500. The number of sulfonamides is 1. The highest BCUT2D eigenvalue weighted by Gasteiger charge is 2.20. The van der Waals surface area contributed by atoms with Crippen molar-refractivity contribution in [2.75, 3.05) is 25.6 Å². The van der Waals surface area contributed by atoms with Gasteiger partial charge in [0.2, 0.25) is 10.0 Å². The lowest BCUT2D eigenvalue weighted by molar-refractivity contribution is 0.281. The van der Waals surface area contributed by atoms with Crippen molar-refractivity contribution in [1.29, 1.82) is 0 Å². The molecule has 0 aliphatic rings. The van der Waals surface area contributed by atoms with E-state index in [1.807, 2.05) is 6.26 Å². The fourth-order valence-electron chi connectivity index (χ4n) is 1.54. The van der Waals surface area contributed by atoms with Crippen LogP contribution in [0.15, 0.2) is 29.2 Å². The summed E-state index contributed by atoms with van der Waals surface area (Å²) in [6, 6.07) is 6.42. The number of aliphatic hydroxyl groups is 1. The number of hydrogen-bond acceptors (Lipinski definition) is 4. The molecule has 1 N–H and O–H groups in total. The smallest absolute Gasteiger partial charge is 0.242 e. The molecule has 102 valence electrons. The minimum atomic E-state index is -3.44. The zero-order chi connectivity index (χ0) is 13.6. The predicted molar refractivity (Wildman–Crippen MR) is 75.2 cm³/mol. The summed E-state index contributed by atoms with van der Waals surface area (Å²) in [6.07, 6.45) is 2.83. The highest BCUT2D eigenvalue weighted by atomic mass is 32.2. The van der Waals surface area contributed by atoms with Gasteiger partial charge < -0.3 is 5.11 Å². The van der Waals surface area contributed by atoms with Gasteiger partial charge in [0.1, 0.15) is 0 Å². The van der Waals surface area contributed by atoms with Gasteiger partial charge in [-0.25, -0.2) is 12.7 Å². The van der Waals surface area contributed by atoms with Gasteiger partial charge in [-0.2, -0.15) is 11.8 Å². The van der Waals surface area contributed by atoms with E-state index < -0.39 is 10.0 Å². The second kappa shape index (κ2) is 7.13. The maximum absolute atomic E-state index is 12.2. The molecule has 0 atom stereocenters. The Kier molecular flexibility index (Phi) is 6.14. The van der Waals surface area contributed by atoms with E-state index in [0.29, 0.717) is 12.1 Å². The van der Waals surface area contributed by atoms with Crippen LogP contribution in [-0.4, -0.2) is 43.4 Å². The summed E-state index contributed by atoms with van der Waals surface area (Å²) in [5.41, 5.74) is 0.605. The van der Waals surface area contributed by atoms with E-state index in [-0.39, 0.29) is 11.5 Å². The highest BCUT2D eigenvalue weighted by molar-refractivity contribution is 7.98. The van der Waals surface area contributed by atoms with E-state index in [2.05, 4.69) is 0 Å². The Morgan fingerprint density at radius 3 is 2.72 bits per heavy atom. The highest BCUT2D eigenvalue weighted by Crippen LogP contribution is 2.16. The lowest BCUT2D eigenvalue weighted by Crippen LogP contribution is -2.28. The topological polar surface area (TPSA) is 57.6 Å². The van der Waals surface area contributed by atoms with Crippen LogP contribution in [0, 0.1) is 0 Å². The van der Waals surface area contributed by atoms with Crippen LogP contribution >= 0.6 is 11.8 Å². The lowest BCUT2D eigenvalue weighted by Gasteiger charge is -2.17. The van der Waals surface area contributed by atoms with Gasteiger partial charge in [0.25, 0.3) is 0 Å². The Morgan fingerprint density at radius 2 is 2.11 bits per heavy atom. The van der Waals surface area contributed by atoms with Crippen LogP contribution in [0.5, 0.6) is 0 Å². The molecule has 0 aliphatic heterocycles. The molecule has 0 saturated heterocycles. The zero-order valence-electron chi connectivity index (χ0n) is 10.7. The molecule has 1 aromatic carbocycles. The van der Waals surface area contributed by atoms with Crippen LogP contribution in [0.2, 0.25) is 0 Å². The quantitative estimate of drug-likeness (QED) is 0.774. The standard InChI is InChI=1S/C12H19NO3S2/c1-13(7-4-8-17-2)18(15,16)12-6-3-5-11(9-12)10-14/h3,5-6,9,14H,4,7-8,10H2,1-2H3. The van der Waals surface area contributed by atoms with Gasteiger partial charge in [-0.15, -0.1) is 0 Å². The molecule has 6 heteroatoms. The first-order valence-corrected chi connectivity index (χ1v) is 8.51. The van der Waals surface area contributed by atoms with Crippen LogP contribution in [-0.2, 0) is 16.6 Å². The number of thioether (sulfide) groups is 1. The van der Waals surface area contributed by atoms with Crippen molar-refractivity contribution in [3.05, 3.63) is 29.8 Å². The van der Waals surface area contributed by atoms with E-state index >= 15 is 0 Å². The van der Waals surface area contributed by atoms with Crippen LogP contribution in [0.4, 0.5) is 0 Å². The maximum Gasteiger partial charge on any atom is 0.242 e. The summed E-state index contributed by atoms with van der Waals surface area (Å²) in [5, 5.41) is 9.03. The van der Waals surface area contributed by atoms with Crippen LogP contribution in [0.1, 0.15) is 12.0 Å². The predicted octanol–water partition coefficient (Wildman–Crippen LogP) is 1.55. The molecule has 0 heterocycles. The Balaban J connectivity index is 2.84. The van der Waals surface area contributed by atoms with Crippen LogP contribution in [0.25, 0.3) is 0 Å². The van der Waals surface area contributed by atoms with Crippen molar-refractivity contribution in [3.8, 4) is 0 Å². The van der Waals surface area contributed by atoms with Gasteiger partial charge in [0.15, 0.2) is 0 Å². The molecule has 0 unspecified atom stereocenters. The summed E-state index contributed by atoms with van der Waals surface area (Å²) in [6.45, 7) is 0.353. The van der Waals surface area contributed by atoms with E-state index in [9.17, 15) is 8.42 Å². The van der Waals surface area contributed by atoms with Crippen molar-refractivity contribution in [2.24, 2.45) is 0 Å². The molecule has 1 aromatic rings. The SMILES string of the molecule is CSCCCN(C)S(=O)(=O)c1cccc(CO)c1. The van der Waals surface area contributed by atoms with Gasteiger partial charge in [-0.05, 0) is 36.1 Å². The summed E-state index contributed by atoms with van der Waals surface area (Å²) in [5.74, 6) is 0.941. The molecular formula is C12H19NO3S2. The van der Waals surface area contributed by atoms with Gasteiger partial charge in [-0.1, -0.05) is 12.1 Å². The molecule has 1 rings (SSSR count). The third kappa shape index (κ3) is 3.98. The summed E-state index contributed by atoms with van der Waals surface area (Å²) >= 11 is 1.70. The van der Waals surface area contributed by atoms with Crippen LogP contribution < -0.4 is 0 Å². The lowest BCUT2D eigenvalue weighted by atomic mass is 10.2. The first kappa shape index (κ1) is 15.5. The molecular weight excluding hydrogens is 270 g/mol. The Hall–Kier alpha value is -0.560. The molecule has 0 amide bonds. The third-order valence-corrected chi connectivity index (χ3v) is 5.16. The first-order valence-electron chi connectivity index (χ1n) is 5.67. The summed E-state index contributed by atoms with van der Waals surface area (Å²) in [7, 11) is -1.85. The minimum absolute atomic E-state index is 0.153. The summed E-state index contributed by atoms with van der Waals surface area (Å²) in [4.78, 5) is 0.237. The van der Waals surface area contributed by atoms with Crippen molar-refractivity contribution in [1.82, 2.24) is 4.31 Å². The molecule has 0 radical (unpaired) electrons. The third-order valence-electron chi connectivity index (χ3n) is 2.61. The second-order valence-electron chi connectivity index (χ2n) is 3.98. The Morgan fingerprint density at radius 1 is 1.39 bits per heavy atom. The van der Waals surface area contributed by atoms with Crippen molar-refractivity contribution in [3.63, 3.8) is 0 Å². The fourth-order valence-corrected chi connectivity index (χ4v) is 3.23. The second-order valence-corrected chi connectivity index (χ2v) is 7.01. The van der Waals surface area contributed by atoms with Gasteiger partial charge in [0, 0.05) is 13.6 Å². The molecule has 0 aliphatic carbocycles. The number of aliphatic hydroxyl groups excluding tert-OH is 1. The molecule has 18 heavy (non-hydrogen) atoms. The van der Waals surface area contributed by atoms with E-state index in [0.717, 1.165) is 12.2 Å². The van der Waals surface area contributed by atoms with E-state index in [1.165, 1.54) is 10.4 Å². The largest absolute Gasteiger partial charge is 0.392 e. The number of rotatable bonds is 7. The Bertz CT molecular complexity index is 474. The summed E-state index contributed by atoms with van der Waals surface area (Å²) < 4.78 is 25.8. The van der Waals surface area contributed by atoms with Gasteiger partial charge in [0.05, 0.1) is 11.5 Å². The average Bonchev–Trinajstić information content (AvgIpc) is 2.39. The van der Waals surface area contributed by atoms with Gasteiger partial charge in [-0.3, -0.25) is 0 Å². The monoisotopic (exact) mass is 289 g/mol. The van der Waals surface area contributed by atoms with Crippen LogP contribution in [0.3, 0.4) is 0 Å².